The predicted molar refractivity (Wildman–Crippen MR) is 146 cm³/mol. The van der Waals surface area contributed by atoms with E-state index in [4.69, 9.17) is 11.6 Å². The average molecular weight is 614 g/mol. The molecule has 1 unspecified atom stereocenters. The topological polar surface area (TPSA) is 121 Å². The summed E-state index contributed by atoms with van der Waals surface area (Å²) in [7, 11) is 0. The first-order valence-electron chi connectivity index (χ1n) is 13.3. The summed E-state index contributed by atoms with van der Waals surface area (Å²) < 4.78 is 55.6. The van der Waals surface area contributed by atoms with Gasteiger partial charge in [0.05, 0.1) is 12.2 Å². The monoisotopic (exact) mass is 613 g/mol. The fraction of sp³-hybridized carbons (Fsp3) is 0.520. The van der Waals surface area contributed by atoms with Crippen LogP contribution in [0, 0.1) is 6.92 Å². The van der Waals surface area contributed by atoms with Gasteiger partial charge in [-0.25, -0.2) is 9.37 Å². The van der Waals surface area contributed by atoms with Gasteiger partial charge in [0.1, 0.15) is 24.1 Å². The van der Waals surface area contributed by atoms with Crippen molar-refractivity contribution in [3.05, 3.63) is 39.0 Å². The van der Waals surface area contributed by atoms with Crippen molar-refractivity contribution in [3.63, 3.8) is 0 Å². The number of piperidine rings is 1. The molecule has 17 heteroatoms. The Morgan fingerprint density at radius 3 is 2.43 bits per heavy atom. The Labute approximate surface area is 241 Å². The maximum absolute atomic E-state index is 14.2. The third-order valence-electron chi connectivity index (χ3n) is 7.37. The summed E-state index contributed by atoms with van der Waals surface area (Å²) in [5, 5.41) is 6.30. The number of amides is 2. The maximum Gasteiger partial charge on any atom is 0.433 e. The number of alkyl halides is 4. The number of piperazine rings is 1. The van der Waals surface area contributed by atoms with Crippen molar-refractivity contribution >= 4 is 46.5 Å². The third-order valence-corrected chi connectivity index (χ3v) is 7.65. The molecule has 0 aromatic carbocycles. The molecule has 2 fully saturated rings. The normalized spacial score (nSPS) is 18.1. The highest BCUT2D eigenvalue weighted by molar-refractivity contribution is 6.32. The van der Waals surface area contributed by atoms with E-state index in [2.05, 4.69) is 20.4 Å². The van der Waals surface area contributed by atoms with Crippen molar-refractivity contribution in [1.29, 1.82) is 0 Å². The van der Waals surface area contributed by atoms with E-state index in [0.29, 0.717) is 57.3 Å². The molecule has 1 N–H and O–H groups in total. The lowest BCUT2D eigenvalue weighted by Gasteiger charge is -2.36. The number of nitrogens with one attached hydrogen (secondary N) is 1. The van der Waals surface area contributed by atoms with Crippen LogP contribution in [0.5, 0.6) is 0 Å². The van der Waals surface area contributed by atoms with Crippen LogP contribution in [-0.2, 0) is 22.3 Å². The second kappa shape index (κ2) is 11.4. The summed E-state index contributed by atoms with van der Waals surface area (Å²) in [5.41, 5.74) is -1.18. The Balaban J connectivity index is 1.52. The van der Waals surface area contributed by atoms with E-state index in [1.165, 1.54) is 11.5 Å². The van der Waals surface area contributed by atoms with E-state index in [9.17, 15) is 31.9 Å². The first-order chi connectivity index (χ1) is 19.8. The van der Waals surface area contributed by atoms with Crippen LogP contribution < -0.4 is 20.7 Å². The van der Waals surface area contributed by atoms with Crippen LogP contribution in [0.3, 0.4) is 0 Å². The van der Waals surface area contributed by atoms with Gasteiger partial charge in [-0.1, -0.05) is 11.6 Å². The van der Waals surface area contributed by atoms with Gasteiger partial charge in [0.15, 0.2) is 5.15 Å². The van der Waals surface area contributed by atoms with Crippen LogP contribution in [0.4, 0.5) is 34.9 Å². The molecule has 12 nitrogen and oxygen atoms in total. The van der Waals surface area contributed by atoms with Gasteiger partial charge in [0.2, 0.25) is 23.5 Å². The highest BCUT2D eigenvalue weighted by Crippen LogP contribution is 2.31. The number of fused-ring (bicyclic) bond motifs is 1. The largest absolute Gasteiger partial charge is 0.433 e. The summed E-state index contributed by atoms with van der Waals surface area (Å²) >= 11 is 5.92. The number of carbonyl (C=O) groups excluding carboxylic acids is 2. The van der Waals surface area contributed by atoms with Crippen molar-refractivity contribution in [1.82, 2.24) is 29.0 Å². The lowest BCUT2D eigenvalue weighted by Crippen LogP contribution is -2.50. The number of anilines is 3. The molecule has 2 amide bonds. The molecule has 3 aromatic heterocycles. The van der Waals surface area contributed by atoms with E-state index in [1.54, 1.807) is 21.6 Å². The summed E-state index contributed by atoms with van der Waals surface area (Å²) in [6.45, 7) is 4.75. The number of rotatable bonds is 5. The average Bonchev–Trinajstić information content (AvgIpc) is 3.38. The zero-order valence-corrected chi connectivity index (χ0v) is 23.5. The van der Waals surface area contributed by atoms with Crippen LogP contribution in [0.1, 0.15) is 31.2 Å². The minimum atomic E-state index is -4.71. The molecule has 1 atom stereocenters. The number of hydrogen-bond acceptors (Lipinski definition) is 8. The van der Waals surface area contributed by atoms with Crippen LogP contribution in [-0.4, -0.2) is 86.3 Å². The van der Waals surface area contributed by atoms with Gasteiger partial charge in [-0.3, -0.25) is 14.4 Å². The maximum atomic E-state index is 14.2. The summed E-state index contributed by atoms with van der Waals surface area (Å²) in [6, 6.07) is 1.70. The Morgan fingerprint density at radius 2 is 1.81 bits per heavy atom. The molecule has 2 saturated heterocycles. The number of pyridine rings is 1. The van der Waals surface area contributed by atoms with Crippen molar-refractivity contribution in [2.24, 2.45) is 0 Å². The number of carbonyl (C=O) groups is 2. The van der Waals surface area contributed by atoms with E-state index in [1.807, 2.05) is 0 Å². The fourth-order valence-electron chi connectivity index (χ4n) is 5.20. The highest BCUT2D eigenvalue weighted by Gasteiger charge is 2.33. The van der Waals surface area contributed by atoms with E-state index in [-0.39, 0.29) is 35.6 Å². The molecule has 3 aromatic rings. The predicted octanol–water partition coefficient (Wildman–Crippen LogP) is 2.51. The van der Waals surface area contributed by atoms with Gasteiger partial charge in [-0.15, -0.1) is 5.10 Å². The molecule has 0 bridgehead atoms. The van der Waals surface area contributed by atoms with Gasteiger partial charge < -0.3 is 24.6 Å². The Kier molecular flexibility index (Phi) is 8.00. The van der Waals surface area contributed by atoms with Crippen molar-refractivity contribution < 1.29 is 27.2 Å². The lowest BCUT2D eigenvalue weighted by molar-refractivity contribution is -0.141. The molecular weight excluding hydrogens is 586 g/mol. The molecular formula is C25H28ClF4N9O3. The SMILES string of the molecule is CC(=O)N1CCN(c2c(C)n(CC(=O)Nc3ccc(C(F)(F)F)nc3Cl)c3nc(N4CCCC(F)C4)nn3c2=O)CC1. The fourth-order valence-corrected chi connectivity index (χ4v) is 5.40. The van der Waals surface area contributed by atoms with Crippen molar-refractivity contribution in [3.8, 4) is 0 Å². The molecule has 0 saturated carbocycles. The summed E-state index contributed by atoms with van der Waals surface area (Å²) in [6.07, 6.45) is -4.80. The molecule has 226 valence electrons. The molecule has 2 aliphatic rings. The second-order valence-corrected chi connectivity index (χ2v) is 10.6. The molecule has 5 rings (SSSR count). The zero-order chi connectivity index (χ0) is 30.3. The zero-order valence-electron chi connectivity index (χ0n) is 22.8. The minimum Gasteiger partial charge on any atom is -0.362 e. The number of halogens is 5. The third kappa shape index (κ3) is 5.84. The lowest BCUT2D eigenvalue weighted by atomic mass is 10.1. The van der Waals surface area contributed by atoms with Crippen LogP contribution in [0.25, 0.3) is 5.78 Å². The van der Waals surface area contributed by atoms with Gasteiger partial charge in [-0.05, 0) is 31.9 Å². The van der Waals surface area contributed by atoms with Crippen molar-refractivity contribution in [2.45, 2.75) is 45.6 Å². The van der Waals surface area contributed by atoms with Gasteiger partial charge in [0, 0.05) is 45.3 Å². The molecule has 42 heavy (non-hydrogen) atoms. The van der Waals surface area contributed by atoms with Crippen LogP contribution >= 0.6 is 11.6 Å². The Morgan fingerprint density at radius 1 is 1.10 bits per heavy atom. The molecule has 5 heterocycles. The molecule has 0 radical (unpaired) electrons. The Bertz CT molecular complexity index is 1580. The number of hydrogen-bond donors (Lipinski definition) is 1. The van der Waals surface area contributed by atoms with E-state index >= 15 is 0 Å². The Hall–Kier alpha value is -3.95. The molecule has 2 aliphatic heterocycles. The van der Waals surface area contributed by atoms with Gasteiger partial charge in [0.25, 0.3) is 5.56 Å². The van der Waals surface area contributed by atoms with Gasteiger partial charge in [-0.2, -0.15) is 22.7 Å². The molecule has 0 spiro atoms. The number of aromatic nitrogens is 5. The van der Waals surface area contributed by atoms with Gasteiger partial charge >= 0.3 is 6.18 Å². The number of nitrogens with zero attached hydrogens (tertiary/aromatic N) is 8. The minimum absolute atomic E-state index is 0.0337. The first kappa shape index (κ1) is 29.5. The second-order valence-electron chi connectivity index (χ2n) is 10.2. The van der Waals surface area contributed by atoms with E-state index < -0.39 is 41.2 Å². The highest BCUT2D eigenvalue weighted by atomic mass is 35.5. The smallest absolute Gasteiger partial charge is 0.362 e. The van der Waals surface area contributed by atoms with Crippen molar-refractivity contribution in [2.75, 3.05) is 54.4 Å². The van der Waals surface area contributed by atoms with E-state index in [0.717, 1.165) is 10.6 Å². The van der Waals surface area contributed by atoms with Crippen LogP contribution in [0.2, 0.25) is 5.15 Å². The van der Waals surface area contributed by atoms with Crippen LogP contribution in [0.15, 0.2) is 16.9 Å². The summed E-state index contributed by atoms with van der Waals surface area (Å²) in [5.74, 6) is -0.588. The summed E-state index contributed by atoms with van der Waals surface area (Å²) in [4.78, 5) is 51.6. The quantitative estimate of drug-likeness (QED) is 0.344. The molecule has 0 aliphatic carbocycles. The standard InChI is InChI=1S/C25H28ClF4N9O3/c1-14-20(36-10-8-35(9-11-36)15(2)40)22(42)39-24(33-23(34-39)37-7-3-4-16(27)12-37)38(14)13-19(41)31-17-5-6-18(25(28,29)30)32-21(17)26/h5-6,16H,3-4,7-13H2,1-2H3,(H,31,41). The first-order valence-corrected chi connectivity index (χ1v) is 13.6.